The maximum atomic E-state index is 2.45. The van der Waals surface area contributed by atoms with E-state index in [2.05, 4.69) is 35.2 Å². The quantitative estimate of drug-likeness (QED) is 0.722. The Balaban J connectivity index is 2.01. The van der Waals surface area contributed by atoms with Gasteiger partial charge < -0.3 is 4.90 Å². The van der Waals surface area contributed by atoms with E-state index in [4.69, 9.17) is 0 Å². The van der Waals surface area contributed by atoms with Crippen molar-refractivity contribution in [2.45, 2.75) is 6.42 Å². The third-order valence-electron chi connectivity index (χ3n) is 2.19. The second-order valence-corrected chi connectivity index (χ2v) is 5.45. The first-order chi connectivity index (χ1) is 6.97. The van der Waals surface area contributed by atoms with Crippen LogP contribution < -0.4 is 4.90 Å². The largest absolute Gasteiger partial charge is 0.353 e. The van der Waals surface area contributed by atoms with E-state index in [0.29, 0.717) is 0 Å². The Hall–Kier alpha value is -0.280. The lowest BCUT2D eigenvalue weighted by molar-refractivity contribution is 1.03. The van der Waals surface area contributed by atoms with Crippen molar-refractivity contribution in [3.05, 3.63) is 30.3 Å². The van der Waals surface area contributed by atoms with E-state index in [0.717, 1.165) is 11.8 Å². The van der Waals surface area contributed by atoms with Crippen molar-refractivity contribution in [3.63, 3.8) is 0 Å². The predicted molar refractivity (Wildman–Crippen MR) is 68.2 cm³/mol. The van der Waals surface area contributed by atoms with Crippen LogP contribution in [0.2, 0.25) is 0 Å². The first kappa shape index (κ1) is 10.2. The van der Waals surface area contributed by atoms with Gasteiger partial charge in [0.1, 0.15) is 0 Å². The molecule has 0 saturated carbocycles. The van der Waals surface area contributed by atoms with Gasteiger partial charge in [0.2, 0.25) is 0 Å². The summed E-state index contributed by atoms with van der Waals surface area (Å²) in [6, 6.07) is 10.7. The van der Waals surface area contributed by atoms with Gasteiger partial charge in [0.05, 0.1) is 11.8 Å². The van der Waals surface area contributed by atoms with E-state index in [1.165, 1.54) is 23.6 Å². The van der Waals surface area contributed by atoms with Gasteiger partial charge in [-0.15, -0.1) is 23.5 Å². The number of anilines is 1. The molecule has 0 spiro atoms. The van der Waals surface area contributed by atoms with E-state index in [9.17, 15) is 0 Å². The molecule has 1 aliphatic rings. The molecule has 0 amide bonds. The smallest absolute Gasteiger partial charge is 0.0648 e. The molecule has 2 rings (SSSR count). The Bertz CT molecular complexity index is 255. The van der Waals surface area contributed by atoms with Crippen molar-refractivity contribution in [2.24, 2.45) is 0 Å². The van der Waals surface area contributed by atoms with Crippen LogP contribution in [0.1, 0.15) is 6.42 Å². The van der Waals surface area contributed by atoms with Crippen LogP contribution in [0.25, 0.3) is 0 Å². The van der Waals surface area contributed by atoms with Crippen molar-refractivity contribution < 1.29 is 0 Å². The normalized spacial score (nSPS) is 18.7. The van der Waals surface area contributed by atoms with E-state index >= 15 is 0 Å². The minimum absolute atomic E-state index is 1.14. The Kier molecular flexibility index (Phi) is 4.07. The van der Waals surface area contributed by atoms with Crippen LogP contribution in [0, 0.1) is 0 Å². The van der Waals surface area contributed by atoms with E-state index in [1.807, 2.05) is 23.5 Å². The van der Waals surface area contributed by atoms with Crippen molar-refractivity contribution in [1.82, 2.24) is 0 Å². The molecule has 3 heteroatoms. The van der Waals surface area contributed by atoms with Gasteiger partial charge in [0.15, 0.2) is 0 Å². The SMILES string of the molecule is c1ccc(N2CSCCCSC2)cc1. The summed E-state index contributed by atoms with van der Waals surface area (Å²) in [6.07, 6.45) is 1.36. The number of hydrogen-bond donors (Lipinski definition) is 0. The average Bonchev–Trinajstić information content (AvgIpc) is 2.18. The fourth-order valence-electron chi connectivity index (χ4n) is 1.44. The molecule has 0 radical (unpaired) electrons. The predicted octanol–water partition coefficient (Wildman–Crippen LogP) is 3.28. The Morgan fingerprint density at radius 3 is 2.21 bits per heavy atom. The third-order valence-corrected chi connectivity index (χ3v) is 4.34. The molecule has 0 aliphatic carbocycles. The highest BCUT2D eigenvalue weighted by Gasteiger charge is 2.08. The van der Waals surface area contributed by atoms with Gasteiger partial charge in [0.25, 0.3) is 0 Å². The lowest BCUT2D eigenvalue weighted by Crippen LogP contribution is -2.23. The topological polar surface area (TPSA) is 3.24 Å². The molecule has 76 valence electrons. The van der Waals surface area contributed by atoms with Crippen LogP contribution in [0.4, 0.5) is 5.69 Å². The molecule has 0 aromatic heterocycles. The summed E-state index contributed by atoms with van der Waals surface area (Å²) in [4.78, 5) is 2.45. The maximum absolute atomic E-state index is 2.45. The second-order valence-electron chi connectivity index (χ2n) is 3.30. The number of rotatable bonds is 1. The van der Waals surface area contributed by atoms with Gasteiger partial charge in [-0.2, -0.15) is 0 Å². The summed E-state index contributed by atoms with van der Waals surface area (Å²) >= 11 is 4.09. The minimum Gasteiger partial charge on any atom is -0.353 e. The molecule has 1 heterocycles. The molecule has 1 aromatic rings. The van der Waals surface area contributed by atoms with Crippen molar-refractivity contribution in [2.75, 3.05) is 28.2 Å². The van der Waals surface area contributed by atoms with Crippen molar-refractivity contribution in [3.8, 4) is 0 Å². The fraction of sp³-hybridized carbons (Fsp3) is 0.455. The molecule has 0 bridgehead atoms. The Labute approximate surface area is 94.3 Å². The van der Waals surface area contributed by atoms with Gasteiger partial charge in [0, 0.05) is 5.69 Å². The van der Waals surface area contributed by atoms with Crippen LogP contribution in [-0.2, 0) is 0 Å². The zero-order chi connectivity index (χ0) is 9.64. The first-order valence-corrected chi connectivity index (χ1v) is 7.23. The monoisotopic (exact) mass is 225 g/mol. The summed E-state index contributed by atoms with van der Waals surface area (Å²) in [5.74, 6) is 4.88. The van der Waals surface area contributed by atoms with Crippen LogP contribution >= 0.6 is 23.5 Å². The molecule has 1 fully saturated rings. The highest BCUT2D eigenvalue weighted by Crippen LogP contribution is 2.22. The molecule has 14 heavy (non-hydrogen) atoms. The zero-order valence-electron chi connectivity index (χ0n) is 8.19. The van der Waals surface area contributed by atoms with Gasteiger partial charge in [-0.1, -0.05) is 18.2 Å². The molecule has 1 saturated heterocycles. The standard InChI is InChI=1S/C11H15NS2/c1-2-5-11(6-3-1)12-9-13-7-4-8-14-10-12/h1-3,5-6H,4,7-10H2. The van der Waals surface area contributed by atoms with Gasteiger partial charge in [-0.25, -0.2) is 0 Å². The zero-order valence-corrected chi connectivity index (χ0v) is 9.82. The summed E-state index contributed by atoms with van der Waals surface area (Å²) in [7, 11) is 0. The van der Waals surface area contributed by atoms with E-state index in [-0.39, 0.29) is 0 Å². The second kappa shape index (κ2) is 5.56. The number of benzene rings is 1. The third kappa shape index (κ3) is 2.85. The molecule has 0 unspecified atom stereocenters. The Morgan fingerprint density at radius 2 is 1.57 bits per heavy atom. The molecule has 0 atom stereocenters. The summed E-state index contributed by atoms with van der Waals surface area (Å²) in [5, 5.41) is 0. The highest BCUT2D eigenvalue weighted by molar-refractivity contribution is 8.00. The number of thioether (sulfide) groups is 2. The fourth-order valence-corrected chi connectivity index (χ4v) is 3.61. The first-order valence-electron chi connectivity index (χ1n) is 4.92. The van der Waals surface area contributed by atoms with Crippen LogP contribution in [0.5, 0.6) is 0 Å². The van der Waals surface area contributed by atoms with Gasteiger partial charge in [-0.05, 0) is 30.1 Å². The number of para-hydroxylation sites is 1. The summed E-state index contributed by atoms with van der Waals surface area (Å²) < 4.78 is 0. The van der Waals surface area contributed by atoms with Crippen molar-refractivity contribution >= 4 is 29.2 Å². The molecule has 1 aliphatic heterocycles. The van der Waals surface area contributed by atoms with Crippen molar-refractivity contribution in [1.29, 1.82) is 0 Å². The van der Waals surface area contributed by atoms with E-state index in [1.54, 1.807) is 0 Å². The minimum atomic E-state index is 1.14. The number of nitrogens with zero attached hydrogens (tertiary/aromatic N) is 1. The van der Waals surface area contributed by atoms with Gasteiger partial charge in [-0.3, -0.25) is 0 Å². The summed E-state index contributed by atoms with van der Waals surface area (Å²) in [6.45, 7) is 0. The molecule has 0 N–H and O–H groups in total. The molecular weight excluding hydrogens is 210 g/mol. The maximum Gasteiger partial charge on any atom is 0.0648 e. The Morgan fingerprint density at radius 1 is 0.929 bits per heavy atom. The van der Waals surface area contributed by atoms with Crippen LogP contribution in [-0.4, -0.2) is 23.3 Å². The highest BCUT2D eigenvalue weighted by atomic mass is 32.2. The average molecular weight is 225 g/mol. The lowest BCUT2D eigenvalue weighted by atomic mass is 10.3. The number of hydrogen-bond acceptors (Lipinski definition) is 3. The lowest BCUT2D eigenvalue weighted by Gasteiger charge is -2.25. The van der Waals surface area contributed by atoms with E-state index < -0.39 is 0 Å². The summed E-state index contributed by atoms with van der Waals surface area (Å²) in [5.41, 5.74) is 1.36. The van der Waals surface area contributed by atoms with Gasteiger partial charge >= 0.3 is 0 Å². The van der Waals surface area contributed by atoms with Crippen LogP contribution in [0.3, 0.4) is 0 Å². The molecule has 1 nitrogen and oxygen atoms in total. The molecular formula is C11H15NS2. The van der Waals surface area contributed by atoms with Crippen LogP contribution in [0.15, 0.2) is 30.3 Å². The molecule has 1 aromatic carbocycles.